The van der Waals surface area contributed by atoms with Crippen molar-refractivity contribution in [2.75, 3.05) is 11.5 Å². The van der Waals surface area contributed by atoms with Crippen LogP contribution in [0.5, 0.6) is 0 Å². The van der Waals surface area contributed by atoms with Crippen molar-refractivity contribution in [1.29, 1.82) is 0 Å². The van der Waals surface area contributed by atoms with E-state index >= 15 is 0 Å². The SMILES string of the molecule is CCCC(O)C(O)CCCS(=O)(=O)CC. The van der Waals surface area contributed by atoms with E-state index in [1.54, 1.807) is 6.92 Å². The van der Waals surface area contributed by atoms with Crippen LogP contribution < -0.4 is 0 Å². The molecule has 0 radical (unpaired) electrons. The lowest BCUT2D eigenvalue weighted by molar-refractivity contribution is 0.00934. The molecule has 0 spiro atoms. The van der Waals surface area contributed by atoms with Gasteiger partial charge in [0.1, 0.15) is 9.84 Å². The molecule has 5 heteroatoms. The Morgan fingerprint density at radius 1 is 1.07 bits per heavy atom. The van der Waals surface area contributed by atoms with Crippen LogP contribution in [-0.2, 0) is 9.84 Å². The molecular weight excluding hydrogens is 216 g/mol. The number of aliphatic hydroxyl groups is 2. The third-order valence-corrected chi connectivity index (χ3v) is 4.21. The van der Waals surface area contributed by atoms with Crippen LogP contribution in [0.3, 0.4) is 0 Å². The van der Waals surface area contributed by atoms with Crippen molar-refractivity contribution in [3.05, 3.63) is 0 Å². The first kappa shape index (κ1) is 14.9. The summed E-state index contributed by atoms with van der Waals surface area (Å²) in [5.41, 5.74) is 0. The molecule has 0 aliphatic heterocycles. The Kier molecular flexibility index (Phi) is 7.13. The predicted molar refractivity (Wildman–Crippen MR) is 60.5 cm³/mol. The van der Waals surface area contributed by atoms with Crippen LogP contribution in [0.2, 0.25) is 0 Å². The molecule has 0 aliphatic carbocycles. The summed E-state index contributed by atoms with van der Waals surface area (Å²) in [6.07, 6.45) is 0.613. The van der Waals surface area contributed by atoms with Crippen molar-refractivity contribution < 1.29 is 18.6 Å². The van der Waals surface area contributed by atoms with Crippen LogP contribution in [0.4, 0.5) is 0 Å². The third-order valence-electron chi connectivity index (χ3n) is 2.42. The van der Waals surface area contributed by atoms with Gasteiger partial charge in [-0.25, -0.2) is 8.42 Å². The minimum Gasteiger partial charge on any atom is -0.390 e. The lowest BCUT2D eigenvalue weighted by Gasteiger charge is -2.16. The van der Waals surface area contributed by atoms with Crippen LogP contribution in [0.1, 0.15) is 39.5 Å². The Hall–Kier alpha value is -0.130. The van der Waals surface area contributed by atoms with Gasteiger partial charge in [0.2, 0.25) is 0 Å². The molecule has 0 aliphatic rings. The zero-order chi connectivity index (χ0) is 11.9. The summed E-state index contributed by atoms with van der Waals surface area (Å²) in [5.74, 6) is 0.236. The first-order valence-corrected chi connectivity index (χ1v) is 7.31. The Morgan fingerprint density at radius 2 is 1.60 bits per heavy atom. The first-order chi connectivity index (χ1) is 6.93. The van der Waals surface area contributed by atoms with Crippen molar-refractivity contribution in [3.8, 4) is 0 Å². The normalized spacial score (nSPS) is 16.3. The molecule has 0 amide bonds. The van der Waals surface area contributed by atoms with Crippen LogP contribution in [0.25, 0.3) is 0 Å². The van der Waals surface area contributed by atoms with Crippen molar-refractivity contribution in [1.82, 2.24) is 0 Å². The van der Waals surface area contributed by atoms with E-state index in [9.17, 15) is 18.6 Å². The van der Waals surface area contributed by atoms with Crippen LogP contribution in [-0.4, -0.2) is 42.3 Å². The van der Waals surface area contributed by atoms with Gasteiger partial charge in [0.25, 0.3) is 0 Å². The second kappa shape index (κ2) is 7.19. The average molecular weight is 238 g/mol. The van der Waals surface area contributed by atoms with Gasteiger partial charge in [-0.3, -0.25) is 0 Å². The summed E-state index contributed by atoms with van der Waals surface area (Å²) in [5, 5.41) is 18.9. The summed E-state index contributed by atoms with van der Waals surface area (Å²) in [6.45, 7) is 3.54. The van der Waals surface area contributed by atoms with Crippen molar-refractivity contribution >= 4 is 9.84 Å². The van der Waals surface area contributed by atoms with Gasteiger partial charge in [-0.15, -0.1) is 0 Å². The van der Waals surface area contributed by atoms with E-state index in [0.717, 1.165) is 6.42 Å². The molecule has 0 aromatic carbocycles. The number of rotatable bonds is 8. The third kappa shape index (κ3) is 6.87. The number of hydrogen-bond acceptors (Lipinski definition) is 4. The molecule has 4 nitrogen and oxygen atoms in total. The number of sulfone groups is 1. The summed E-state index contributed by atoms with van der Waals surface area (Å²) in [6, 6.07) is 0. The van der Waals surface area contributed by atoms with Gasteiger partial charge < -0.3 is 10.2 Å². The smallest absolute Gasteiger partial charge is 0.150 e. The highest BCUT2D eigenvalue weighted by Gasteiger charge is 2.16. The minimum absolute atomic E-state index is 0.0966. The molecule has 2 atom stereocenters. The van der Waals surface area contributed by atoms with Gasteiger partial charge in [-0.2, -0.15) is 0 Å². The molecule has 0 fully saturated rings. The lowest BCUT2D eigenvalue weighted by atomic mass is 10.1. The number of aliphatic hydroxyl groups excluding tert-OH is 2. The van der Waals surface area contributed by atoms with Gasteiger partial charge >= 0.3 is 0 Å². The summed E-state index contributed by atoms with van der Waals surface area (Å²) in [4.78, 5) is 0. The molecule has 0 heterocycles. The quantitative estimate of drug-likeness (QED) is 0.653. The van der Waals surface area contributed by atoms with E-state index in [4.69, 9.17) is 0 Å². The fourth-order valence-electron chi connectivity index (χ4n) is 1.34. The molecule has 0 aromatic rings. The van der Waals surface area contributed by atoms with Crippen molar-refractivity contribution in [2.24, 2.45) is 0 Å². The lowest BCUT2D eigenvalue weighted by Crippen LogP contribution is -2.26. The first-order valence-electron chi connectivity index (χ1n) is 5.49. The summed E-state index contributed by atoms with van der Waals surface area (Å²) >= 11 is 0. The molecule has 2 unspecified atom stereocenters. The van der Waals surface area contributed by atoms with Gasteiger partial charge in [-0.1, -0.05) is 20.3 Å². The van der Waals surface area contributed by atoms with E-state index in [0.29, 0.717) is 19.3 Å². The van der Waals surface area contributed by atoms with Gasteiger partial charge in [0.05, 0.1) is 18.0 Å². The fourth-order valence-corrected chi connectivity index (χ4v) is 2.23. The van der Waals surface area contributed by atoms with E-state index in [1.165, 1.54) is 0 Å². The van der Waals surface area contributed by atoms with E-state index in [2.05, 4.69) is 0 Å². The maximum absolute atomic E-state index is 11.1. The van der Waals surface area contributed by atoms with E-state index in [-0.39, 0.29) is 11.5 Å². The molecule has 0 saturated carbocycles. The van der Waals surface area contributed by atoms with E-state index < -0.39 is 22.0 Å². The monoisotopic (exact) mass is 238 g/mol. The predicted octanol–water partition coefficient (Wildman–Crippen LogP) is 0.723. The zero-order valence-electron chi connectivity index (χ0n) is 9.52. The molecule has 0 saturated heterocycles. The maximum Gasteiger partial charge on any atom is 0.150 e. The second-order valence-electron chi connectivity index (χ2n) is 3.80. The highest BCUT2D eigenvalue weighted by atomic mass is 32.2. The molecule has 0 aromatic heterocycles. The Balaban J connectivity index is 3.77. The zero-order valence-corrected chi connectivity index (χ0v) is 10.3. The van der Waals surface area contributed by atoms with Gasteiger partial charge in [0, 0.05) is 5.75 Å². The highest BCUT2D eigenvalue weighted by Crippen LogP contribution is 2.09. The van der Waals surface area contributed by atoms with E-state index in [1.807, 2.05) is 6.92 Å². The van der Waals surface area contributed by atoms with Gasteiger partial charge in [-0.05, 0) is 19.3 Å². The molecular formula is C10H22O4S. The fraction of sp³-hybridized carbons (Fsp3) is 1.00. The molecule has 2 N–H and O–H groups in total. The summed E-state index contributed by atoms with van der Waals surface area (Å²) in [7, 11) is -2.95. The topological polar surface area (TPSA) is 74.6 Å². The largest absolute Gasteiger partial charge is 0.390 e. The summed E-state index contributed by atoms with van der Waals surface area (Å²) < 4.78 is 22.3. The number of hydrogen-bond donors (Lipinski definition) is 2. The van der Waals surface area contributed by atoms with Crippen LogP contribution in [0.15, 0.2) is 0 Å². The minimum atomic E-state index is -2.95. The molecule has 15 heavy (non-hydrogen) atoms. The second-order valence-corrected chi connectivity index (χ2v) is 6.27. The standard InChI is InChI=1S/C10H22O4S/c1-3-6-9(11)10(12)7-5-8-15(13,14)4-2/h9-12H,3-8H2,1-2H3. The van der Waals surface area contributed by atoms with Gasteiger partial charge in [0.15, 0.2) is 0 Å². The Labute approximate surface area is 92.2 Å². The Morgan fingerprint density at radius 3 is 2.07 bits per heavy atom. The Bertz CT molecular complexity index is 248. The maximum atomic E-state index is 11.1. The average Bonchev–Trinajstić information content (AvgIpc) is 2.18. The molecule has 0 rings (SSSR count). The van der Waals surface area contributed by atoms with Crippen molar-refractivity contribution in [3.63, 3.8) is 0 Å². The molecule has 92 valence electrons. The molecule has 0 bridgehead atoms. The van der Waals surface area contributed by atoms with Crippen LogP contribution >= 0.6 is 0 Å². The van der Waals surface area contributed by atoms with Crippen LogP contribution in [0, 0.1) is 0 Å². The highest BCUT2D eigenvalue weighted by molar-refractivity contribution is 7.91. The van der Waals surface area contributed by atoms with Crippen molar-refractivity contribution in [2.45, 2.75) is 51.7 Å².